The van der Waals surface area contributed by atoms with E-state index in [1.807, 2.05) is 37.3 Å². The van der Waals surface area contributed by atoms with E-state index in [0.717, 1.165) is 22.7 Å². The van der Waals surface area contributed by atoms with Gasteiger partial charge in [0.15, 0.2) is 11.6 Å². The maximum Gasteiger partial charge on any atom is 0.196 e. The Morgan fingerprint density at radius 2 is 2.00 bits per heavy atom. The molecule has 1 heterocycles. The molecule has 2 rings (SSSR count). The van der Waals surface area contributed by atoms with Crippen molar-refractivity contribution in [3.8, 4) is 17.0 Å². The first-order valence-electron chi connectivity index (χ1n) is 5.61. The Morgan fingerprint density at radius 1 is 1.22 bits per heavy atom. The Kier molecular flexibility index (Phi) is 3.37. The van der Waals surface area contributed by atoms with Crippen LogP contribution >= 0.6 is 0 Å². The van der Waals surface area contributed by atoms with E-state index in [1.54, 1.807) is 7.11 Å². The number of benzene rings is 1. The molecule has 0 radical (unpaired) electrons. The van der Waals surface area contributed by atoms with E-state index < -0.39 is 0 Å². The van der Waals surface area contributed by atoms with Crippen molar-refractivity contribution in [1.82, 2.24) is 9.97 Å². The van der Waals surface area contributed by atoms with Gasteiger partial charge in [-0.1, -0.05) is 12.1 Å². The van der Waals surface area contributed by atoms with Crippen molar-refractivity contribution in [3.05, 3.63) is 41.9 Å². The average molecular weight is 242 g/mol. The van der Waals surface area contributed by atoms with Gasteiger partial charge in [0.05, 0.1) is 12.8 Å². The second-order valence-corrected chi connectivity index (χ2v) is 4.01. The molecule has 4 heteroatoms. The highest BCUT2D eigenvalue weighted by atomic mass is 16.5. The lowest BCUT2D eigenvalue weighted by atomic mass is 10.1. The monoisotopic (exact) mass is 242 g/mol. The molecule has 0 amide bonds. The molecule has 0 N–H and O–H groups in total. The maximum atomic E-state index is 11.4. The van der Waals surface area contributed by atoms with E-state index in [0.29, 0.717) is 0 Å². The third-order valence-electron chi connectivity index (χ3n) is 2.53. The summed E-state index contributed by atoms with van der Waals surface area (Å²) in [7, 11) is 1.62. The molecule has 0 spiro atoms. The number of rotatable bonds is 3. The molecule has 0 aliphatic rings. The topological polar surface area (TPSA) is 52.1 Å². The number of carbonyl (C=O) groups excluding carboxylic acids is 1. The van der Waals surface area contributed by atoms with Crippen LogP contribution in [0.15, 0.2) is 30.3 Å². The number of carbonyl (C=O) groups is 1. The third-order valence-corrected chi connectivity index (χ3v) is 2.53. The second-order valence-electron chi connectivity index (χ2n) is 4.01. The number of nitrogens with zero attached hydrogens (tertiary/aromatic N) is 2. The summed E-state index contributed by atoms with van der Waals surface area (Å²) in [6.07, 6.45) is 0. The first-order chi connectivity index (χ1) is 8.60. The SMILES string of the molecule is COc1cccc(-c2cc(C)nc(C(C)=O)n2)c1. The number of aryl methyl sites for hydroxylation is 1. The molecular formula is C14H14N2O2. The smallest absolute Gasteiger partial charge is 0.196 e. The molecule has 1 aromatic heterocycles. The third kappa shape index (κ3) is 2.53. The molecule has 0 aliphatic carbocycles. The highest BCUT2D eigenvalue weighted by Crippen LogP contribution is 2.22. The zero-order chi connectivity index (χ0) is 13.1. The number of methoxy groups -OCH3 is 1. The van der Waals surface area contributed by atoms with E-state index in [1.165, 1.54) is 6.92 Å². The van der Waals surface area contributed by atoms with E-state index in [9.17, 15) is 4.79 Å². The quantitative estimate of drug-likeness (QED) is 0.776. The van der Waals surface area contributed by atoms with Crippen LogP contribution in [0.2, 0.25) is 0 Å². The van der Waals surface area contributed by atoms with Crippen LogP contribution in [-0.2, 0) is 0 Å². The molecule has 0 bridgehead atoms. The lowest BCUT2D eigenvalue weighted by Crippen LogP contribution is -2.03. The van der Waals surface area contributed by atoms with Gasteiger partial charge in [0.1, 0.15) is 5.75 Å². The molecule has 0 aliphatic heterocycles. The van der Waals surface area contributed by atoms with Gasteiger partial charge >= 0.3 is 0 Å². The predicted molar refractivity (Wildman–Crippen MR) is 68.8 cm³/mol. The zero-order valence-corrected chi connectivity index (χ0v) is 10.6. The maximum absolute atomic E-state index is 11.4. The van der Waals surface area contributed by atoms with Gasteiger partial charge in [0.25, 0.3) is 0 Å². The molecule has 0 unspecified atom stereocenters. The van der Waals surface area contributed by atoms with Crippen LogP contribution in [0.3, 0.4) is 0 Å². The Morgan fingerprint density at radius 3 is 2.67 bits per heavy atom. The minimum atomic E-state index is -0.136. The summed E-state index contributed by atoms with van der Waals surface area (Å²) in [5, 5.41) is 0. The van der Waals surface area contributed by atoms with Crippen molar-refractivity contribution >= 4 is 5.78 Å². The van der Waals surface area contributed by atoms with Gasteiger partial charge in [-0.25, -0.2) is 9.97 Å². The summed E-state index contributed by atoms with van der Waals surface area (Å²) in [5.41, 5.74) is 2.40. The number of aromatic nitrogens is 2. The molecule has 1 aromatic carbocycles. The molecule has 0 fully saturated rings. The van der Waals surface area contributed by atoms with E-state index in [2.05, 4.69) is 9.97 Å². The second kappa shape index (κ2) is 4.96. The number of Topliss-reactive ketones (excluding diaryl/α,β-unsaturated/α-hetero) is 1. The fourth-order valence-corrected chi connectivity index (χ4v) is 1.66. The summed E-state index contributed by atoms with van der Waals surface area (Å²) >= 11 is 0. The van der Waals surface area contributed by atoms with Gasteiger partial charge < -0.3 is 4.74 Å². The van der Waals surface area contributed by atoms with Gasteiger partial charge in [-0.15, -0.1) is 0 Å². The summed E-state index contributed by atoms with van der Waals surface area (Å²) < 4.78 is 5.17. The fraction of sp³-hybridized carbons (Fsp3) is 0.214. The largest absolute Gasteiger partial charge is 0.497 e. The molecule has 0 saturated carbocycles. The fourth-order valence-electron chi connectivity index (χ4n) is 1.66. The van der Waals surface area contributed by atoms with Crippen molar-refractivity contribution in [3.63, 3.8) is 0 Å². The predicted octanol–water partition coefficient (Wildman–Crippen LogP) is 2.66. The normalized spacial score (nSPS) is 10.2. The summed E-state index contributed by atoms with van der Waals surface area (Å²) in [6, 6.07) is 9.41. The Labute approximate surface area is 106 Å². The summed E-state index contributed by atoms with van der Waals surface area (Å²) in [4.78, 5) is 19.7. The van der Waals surface area contributed by atoms with E-state index in [4.69, 9.17) is 4.74 Å². The minimum Gasteiger partial charge on any atom is -0.497 e. The Balaban J connectivity index is 2.52. The molecule has 18 heavy (non-hydrogen) atoms. The first kappa shape index (κ1) is 12.2. The number of ketones is 1. The number of hydrogen-bond donors (Lipinski definition) is 0. The van der Waals surface area contributed by atoms with Crippen molar-refractivity contribution in [2.24, 2.45) is 0 Å². The zero-order valence-electron chi connectivity index (χ0n) is 10.6. The molecule has 0 atom stereocenters. The summed E-state index contributed by atoms with van der Waals surface area (Å²) in [5.74, 6) is 0.865. The number of hydrogen-bond acceptors (Lipinski definition) is 4. The van der Waals surface area contributed by atoms with Crippen LogP contribution in [0.25, 0.3) is 11.3 Å². The van der Waals surface area contributed by atoms with E-state index in [-0.39, 0.29) is 11.6 Å². The van der Waals surface area contributed by atoms with Crippen molar-refractivity contribution < 1.29 is 9.53 Å². The highest BCUT2D eigenvalue weighted by molar-refractivity contribution is 5.90. The van der Waals surface area contributed by atoms with Crippen LogP contribution in [0.5, 0.6) is 5.75 Å². The minimum absolute atomic E-state index is 0.136. The molecule has 92 valence electrons. The average Bonchev–Trinajstić information content (AvgIpc) is 2.38. The highest BCUT2D eigenvalue weighted by Gasteiger charge is 2.08. The lowest BCUT2D eigenvalue weighted by Gasteiger charge is -2.06. The van der Waals surface area contributed by atoms with Gasteiger partial charge in [-0.05, 0) is 25.1 Å². The number of ether oxygens (including phenoxy) is 1. The Bertz CT molecular complexity index is 594. The van der Waals surface area contributed by atoms with Gasteiger partial charge in [0, 0.05) is 18.2 Å². The standard InChI is InChI=1S/C14H14N2O2/c1-9-7-13(16-14(15-9)10(2)17)11-5-4-6-12(8-11)18-3/h4-8H,1-3H3. The van der Waals surface area contributed by atoms with Crippen LogP contribution in [0.4, 0.5) is 0 Å². The van der Waals surface area contributed by atoms with Crippen LogP contribution in [0, 0.1) is 6.92 Å². The van der Waals surface area contributed by atoms with Crippen LogP contribution in [0.1, 0.15) is 23.2 Å². The summed E-state index contributed by atoms with van der Waals surface area (Å²) in [6.45, 7) is 3.31. The van der Waals surface area contributed by atoms with Gasteiger partial charge in [-0.3, -0.25) is 4.79 Å². The lowest BCUT2D eigenvalue weighted by molar-refractivity contribution is 0.100. The molecule has 2 aromatic rings. The van der Waals surface area contributed by atoms with Crippen molar-refractivity contribution in [2.75, 3.05) is 7.11 Å². The van der Waals surface area contributed by atoms with Crippen LogP contribution in [-0.4, -0.2) is 22.9 Å². The van der Waals surface area contributed by atoms with Gasteiger partial charge in [-0.2, -0.15) is 0 Å². The molecular weight excluding hydrogens is 228 g/mol. The first-order valence-corrected chi connectivity index (χ1v) is 5.61. The van der Waals surface area contributed by atoms with Gasteiger partial charge in [0.2, 0.25) is 0 Å². The van der Waals surface area contributed by atoms with Crippen LogP contribution < -0.4 is 4.74 Å². The van der Waals surface area contributed by atoms with Crippen molar-refractivity contribution in [2.45, 2.75) is 13.8 Å². The Hall–Kier alpha value is -2.23. The van der Waals surface area contributed by atoms with Crippen molar-refractivity contribution in [1.29, 1.82) is 0 Å². The van der Waals surface area contributed by atoms with E-state index >= 15 is 0 Å². The molecule has 4 nitrogen and oxygen atoms in total. The molecule has 0 saturated heterocycles.